The van der Waals surface area contributed by atoms with Crippen molar-refractivity contribution >= 4 is 16.9 Å². The van der Waals surface area contributed by atoms with Gasteiger partial charge in [-0.25, -0.2) is 4.79 Å². The van der Waals surface area contributed by atoms with Crippen molar-refractivity contribution in [2.45, 2.75) is 33.2 Å². The molecule has 3 aromatic rings. The molecule has 4 nitrogen and oxygen atoms in total. The molecule has 0 spiro atoms. The molecule has 0 amide bonds. The third-order valence-corrected chi connectivity index (χ3v) is 4.05. The van der Waals surface area contributed by atoms with Gasteiger partial charge in [0.1, 0.15) is 5.69 Å². The van der Waals surface area contributed by atoms with Crippen LogP contribution in [-0.2, 0) is 6.54 Å². The lowest BCUT2D eigenvalue weighted by molar-refractivity contribution is 0.0686. The number of carboxylic acids is 1. The smallest absolute Gasteiger partial charge is 0.352 e. The Bertz CT molecular complexity index is 864. The SMILES string of the molecule is Cc1cc(C(C)C)c2c(c1)cc(C(=O)O)n2Cc1ccccn1. The molecule has 2 heterocycles. The molecule has 1 N–H and O–H groups in total. The van der Waals surface area contributed by atoms with E-state index >= 15 is 0 Å². The number of hydrogen-bond acceptors (Lipinski definition) is 2. The van der Waals surface area contributed by atoms with Gasteiger partial charge in [-0.05, 0) is 42.7 Å². The van der Waals surface area contributed by atoms with E-state index in [4.69, 9.17) is 0 Å². The number of pyridine rings is 1. The summed E-state index contributed by atoms with van der Waals surface area (Å²) in [6.07, 6.45) is 1.73. The molecule has 1 aromatic carbocycles. The van der Waals surface area contributed by atoms with Gasteiger partial charge in [0.2, 0.25) is 0 Å². The fraction of sp³-hybridized carbons (Fsp3) is 0.263. The Labute approximate surface area is 135 Å². The molecule has 0 saturated carbocycles. The molecule has 0 radical (unpaired) electrons. The lowest BCUT2D eigenvalue weighted by Crippen LogP contribution is -2.11. The van der Waals surface area contributed by atoms with Crippen molar-refractivity contribution in [3.05, 3.63) is 65.1 Å². The summed E-state index contributed by atoms with van der Waals surface area (Å²) in [5, 5.41) is 10.6. The normalized spacial score (nSPS) is 11.3. The summed E-state index contributed by atoms with van der Waals surface area (Å²) in [4.78, 5) is 16.0. The van der Waals surface area contributed by atoms with Crippen LogP contribution >= 0.6 is 0 Å². The van der Waals surface area contributed by atoms with E-state index in [0.29, 0.717) is 18.2 Å². The molecule has 0 saturated heterocycles. The van der Waals surface area contributed by atoms with Crippen LogP contribution in [0, 0.1) is 6.92 Å². The molecular weight excluding hydrogens is 288 g/mol. The van der Waals surface area contributed by atoms with E-state index in [1.807, 2.05) is 35.8 Å². The number of rotatable bonds is 4. The molecule has 0 bridgehead atoms. The molecule has 23 heavy (non-hydrogen) atoms. The molecule has 118 valence electrons. The number of fused-ring (bicyclic) bond motifs is 1. The number of benzene rings is 1. The van der Waals surface area contributed by atoms with Crippen molar-refractivity contribution in [1.29, 1.82) is 0 Å². The highest BCUT2D eigenvalue weighted by Crippen LogP contribution is 2.30. The third kappa shape index (κ3) is 2.84. The largest absolute Gasteiger partial charge is 0.477 e. The molecule has 0 aliphatic carbocycles. The van der Waals surface area contributed by atoms with Gasteiger partial charge in [-0.15, -0.1) is 0 Å². The van der Waals surface area contributed by atoms with Gasteiger partial charge < -0.3 is 9.67 Å². The fourth-order valence-corrected chi connectivity index (χ4v) is 3.04. The van der Waals surface area contributed by atoms with Gasteiger partial charge in [0.05, 0.1) is 17.8 Å². The van der Waals surface area contributed by atoms with Crippen molar-refractivity contribution in [1.82, 2.24) is 9.55 Å². The topological polar surface area (TPSA) is 55.1 Å². The standard InChI is InChI=1S/C19H20N2O2/c1-12(2)16-9-13(3)8-14-10-17(19(22)23)21(18(14)16)11-15-6-4-5-7-20-15/h4-10,12H,11H2,1-3H3,(H,22,23). The summed E-state index contributed by atoms with van der Waals surface area (Å²) in [7, 11) is 0. The maximum absolute atomic E-state index is 11.7. The van der Waals surface area contributed by atoms with Crippen LogP contribution in [-0.4, -0.2) is 20.6 Å². The monoisotopic (exact) mass is 308 g/mol. The van der Waals surface area contributed by atoms with Gasteiger partial charge >= 0.3 is 5.97 Å². The Hall–Kier alpha value is -2.62. The van der Waals surface area contributed by atoms with Gasteiger partial charge in [-0.1, -0.05) is 31.5 Å². The molecule has 2 aromatic heterocycles. The zero-order valence-corrected chi connectivity index (χ0v) is 13.6. The van der Waals surface area contributed by atoms with Crippen LogP contribution in [0.25, 0.3) is 10.9 Å². The number of aromatic carboxylic acids is 1. The number of aromatic nitrogens is 2. The molecule has 4 heteroatoms. The van der Waals surface area contributed by atoms with Crippen molar-refractivity contribution < 1.29 is 9.90 Å². The summed E-state index contributed by atoms with van der Waals surface area (Å²) in [5.74, 6) is -0.596. The number of nitrogens with zero attached hydrogens (tertiary/aromatic N) is 2. The second-order valence-corrected chi connectivity index (χ2v) is 6.19. The van der Waals surface area contributed by atoms with E-state index < -0.39 is 5.97 Å². The van der Waals surface area contributed by atoms with Crippen LogP contribution in [0.15, 0.2) is 42.6 Å². The average molecular weight is 308 g/mol. The highest BCUT2D eigenvalue weighted by Gasteiger charge is 2.19. The van der Waals surface area contributed by atoms with E-state index in [1.54, 1.807) is 12.3 Å². The van der Waals surface area contributed by atoms with Crippen molar-refractivity contribution in [3.8, 4) is 0 Å². The van der Waals surface area contributed by atoms with Crippen LogP contribution in [0.2, 0.25) is 0 Å². The van der Waals surface area contributed by atoms with Gasteiger partial charge in [0, 0.05) is 11.6 Å². The van der Waals surface area contributed by atoms with Crippen LogP contribution in [0.3, 0.4) is 0 Å². The highest BCUT2D eigenvalue weighted by molar-refractivity contribution is 5.96. The Morgan fingerprint density at radius 3 is 2.65 bits per heavy atom. The molecule has 0 atom stereocenters. The van der Waals surface area contributed by atoms with E-state index in [9.17, 15) is 9.90 Å². The molecule has 0 fully saturated rings. The average Bonchev–Trinajstić information content (AvgIpc) is 2.86. The summed E-state index contributed by atoms with van der Waals surface area (Å²) in [6, 6.07) is 11.6. The maximum atomic E-state index is 11.7. The third-order valence-electron chi connectivity index (χ3n) is 4.05. The van der Waals surface area contributed by atoms with Gasteiger partial charge in [0.25, 0.3) is 0 Å². The van der Waals surface area contributed by atoms with Crippen molar-refractivity contribution in [2.24, 2.45) is 0 Å². The van der Waals surface area contributed by atoms with Crippen LogP contribution in [0.5, 0.6) is 0 Å². The number of hydrogen-bond donors (Lipinski definition) is 1. The van der Waals surface area contributed by atoms with E-state index in [-0.39, 0.29) is 0 Å². The van der Waals surface area contributed by atoms with Crippen molar-refractivity contribution in [3.63, 3.8) is 0 Å². The van der Waals surface area contributed by atoms with Crippen LogP contribution in [0.4, 0.5) is 0 Å². The minimum absolute atomic E-state index is 0.304. The van der Waals surface area contributed by atoms with E-state index in [0.717, 1.165) is 22.2 Å². The molecule has 3 rings (SSSR count). The predicted molar refractivity (Wildman–Crippen MR) is 91.1 cm³/mol. The predicted octanol–water partition coefficient (Wildman–Crippen LogP) is 4.21. The first-order valence-electron chi connectivity index (χ1n) is 7.74. The van der Waals surface area contributed by atoms with E-state index in [2.05, 4.69) is 24.9 Å². The van der Waals surface area contributed by atoms with Gasteiger partial charge in [-0.3, -0.25) is 4.98 Å². The second kappa shape index (κ2) is 5.88. The minimum Gasteiger partial charge on any atom is -0.477 e. The molecule has 0 unspecified atom stereocenters. The summed E-state index contributed by atoms with van der Waals surface area (Å²) >= 11 is 0. The summed E-state index contributed by atoms with van der Waals surface area (Å²) in [6.45, 7) is 6.76. The number of carboxylic acid groups (broad SMARTS) is 1. The van der Waals surface area contributed by atoms with Gasteiger partial charge in [-0.2, -0.15) is 0 Å². The Morgan fingerprint density at radius 2 is 2.04 bits per heavy atom. The first-order chi connectivity index (χ1) is 11.0. The van der Waals surface area contributed by atoms with Crippen LogP contribution in [0.1, 0.15) is 47.1 Å². The quantitative estimate of drug-likeness (QED) is 0.785. The Balaban J connectivity index is 2.28. The summed E-state index contributed by atoms with van der Waals surface area (Å²) in [5.41, 5.74) is 4.46. The van der Waals surface area contributed by atoms with Crippen LogP contribution < -0.4 is 0 Å². The number of aryl methyl sites for hydroxylation is 1. The first-order valence-corrected chi connectivity index (χ1v) is 7.74. The molecular formula is C19H20N2O2. The molecule has 0 aliphatic heterocycles. The Morgan fingerprint density at radius 1 is 1.26 bits per heavy atom. The lowest BCUT2D eigenvalue weighted by atomic mass is 9.98. The summed E-state index contributed by atoms with van der Waals surface area (Å²) < 4.78 is 1.87. The maximum Gasteiger partial charge on any atom is 0.352 e. The number of carbonyl (C=O) groups is 1. The Kier molecular flexibility index (Phi) is 3.90. The minimum atomic E-state index is -0.913. The zero-order valence-electron chi connectivity index (χ0n) is 13.6. The fourth-order valence-electron chi connectivity index (χ4n) is 3.04. The van der Waals surface area contributed by atoms with Crippen molar-refractivity contribution in [2.75, 3.05) is 0 Å². The zero-order chi connectivity index (χ0) is 16.6. The first kappa shape index (κ1) is 15.3. The van der Waals surface area contributed by atoms with Gasteiger partial charge in [0.15, 0.2) is 0 Å². The highest BCUT2D eigenvalue weighted by atomic mass is 16.4. The molecule has 0 aliphatic rings. The second-order valence-electron chi connectivity index (χ2n) is 6.19. The van der Waals surface area contributed by atoms with E-state index in [1.165, 1.54) is 5.56 Å². The lowest BCUT2D eigenvalue weighted by Gasteiger charge is -2.14.